The predicted molar refractivity (Wildman–Crippen MR) is 69.3 cm³/mol. The molecule has 1 fully saturated rings. The van der Waals surface area contributed by atoms with Gasteiger partial charge in [0.25, 0.3) is 5.56 Å². The zero-order valence-corrected chi connectivity index (χ0v) is 10.7. The summed E-state index contributed by atoms with van der Waals surface area (Å²) in [7, 11) is 0. The predicted octanol–water partition coefficient (Wildman–Crippen LogP) is 0.154. The molecule has 1 atom stereocenters. The van der Waals surface area contributed by atoms with Gasteiger partial charge in [-0.15, -0.1) is 0 Å². The monoisotopic (exact) mass is 264 g/mol. The molecule has 0 amide bonds. The van der Waals surface area contributed by atoms with Crippen LogP contribution in [0.15, 0.2) is 9.59 Å². The molecule has 2 aromatic heterocycles. The normalized spacial score (nSPS) is 19.3. The Morgan fingerprint density at radius 1 is 1.42 bits per heavy atom. The molecule has 0 saturated carbocycles. The Morgan fingerprint density at radius 2 is 2.26 bits per heavy atom. The number of hydrogen-bond acceptors (Lipinski definition) is 4. The maximum absolute atomic E-state index is 11.7. The molecule has 7 heteroatoms. The van der Waals surface area contributed by atoms with E-state index in [1.165, 1.54) is 4.57 Å². The molecular formula is C12H16N4O3. The highest BCUT2D eigenvalue weighted by atomic mass is 16.5. The summed E-state index contributed by atoms with van der Waals surface area (Å²) in [6.07, 6.45) is 2.87. The number of aryl methyl sites for hydroxylation is 1. The first-order chi connectivity index (χ1) is 9.19. The average Bonchev–Trinajstić information content (AvgIpc) is 3.00. The quantitative estimate of drug-likeness (QED) is 0.825. The number of aromatic nitrogens is 4. The molecule has 1 unspecified atom stereocenters. The summed E-state index contributed by atoms with van der Waals surface area (Å²) in [5.41, 5.74) is -0.0651. The summed E-state index contributed by atoms with van der Waals surface area (Å²) in [6, 6.07) is 0. The lowest BCUT2D eigenvalue weighted by atomic mass is 10.2. The fraction of sp³-hybridized carbons (Fsp3) is 0.583. The number of hydrogen-bond donors (Lipinski definition) is 2. The molecular weight excluding hydrogens is 248 g/mol. The molecule has 0 bridgehead atoms. The van der Waals surface area contributed by atoms with Crippen LogP contribution in [0.5, 0.6) is 0 Å². The Bertz CT molecular complexity index is 706. The van der Waals surface area contributed by atoms with Gasteiger partial charge in [-0.3, -0.25) is 14.3 Å². The lowest BCUT2D eigenvalue weighted by molar-refractivity contribution is 0.110. The van der Waals surface area contributed by atoms with Crippen LogP contribution in [0, 0.1) is 0 Å². The highest BCUT2D eigenvalue weighted by molar-refractivity contribution is 5.69. The first kappa shape index (κ1) is 12.2. The molecule has 1 aliphatic rings. The number of fused-ring (bicyclic) bond motifs is 1. The van der Waals surface area contributed by atoms with Crippen LogP contribution >= 0.6 is 0 Å². The van der Waals surface area contributed by atoms with E-state index in [1.807, 2.05) is 6.92 Å². The van der Waals surface area contributed by atoms with Crippen molar-refractivity contribution in [1.82, 2.24) is 19.5 Å². The van der Waals surface area contributed by atoms with Crippen molar-refractivity contribution in [3.63, 3.8) is 0 Å². The Labute approximate surface area is 108 Å². The Hall–Kier alpha value is -1.89. The van der Waals surface area contributed by atoms with Gasteiger partial charge in [0.05, 0.1) is 6.10 Å². The molecule has 3 heterocycles. The summed E-state index contributed by atoms with van der Waals surface area (Å²) in [5, 5.41) is 0. The van der Waals surface area contributed by atoms with Crippen LogP contribution in [0.1, 0.15) is 25.6 Å². The summed E-state index contributed by atoms with van der Waals surface area (Å²) < 4.78 is 7.00. The molecule has 0 aromatic carbocycles. The van der Waals surface area contributed by atoms with Crippen LogP contribution < -0.4 is 11.2 Å². The molecule has 2 N–H and O–H groups in total. The third kappa shape index (κ3) is 2.10. The van der Waals surface area contributed by atoms with E-state index in [4.69, 9.17) is 4.74 Å². The number of nitrogens with one attached hydrogen (secondary N) is 2. The van der Waals surface area contributed by atoms with Crippen LogP contribution in [-0.2, 0) is 17.7 Å². The van der Waals surface area contributed by atoms with E-state index in [0.717, 1.165) is 19.4 Å². The summed E-state index contributed by atoms with van der Waals surface area (Å²) in [6.45, 7) is 3.09. The first-order valence-electron chi connectivity index (χ1n) is 6.52. The van der Waals surface area contributed by atoms with Gasteiger partial charge in [0.15, 0.2) is 5.65 Å². The molecule has 0 aliphatic carbocycles. The van der Waals surface area contributed by atoms with Crippen molar-refractivity contribution in [2.45, 2.75) is 38.8 Å². The van der Waals surface area contributed by atoms with Crippen molar-refractivity contribution in [1.29, 1.82) is 0 Å². The van der Waals surface area contributed by atoms with Gasteiger partial charge in [-0.05, 0) is 19.8 Å². The second-order valence-electron chi connectivity index (χ2n) is 4.72. The van der Waals surface area contributed by atoms with Crippen LogP contribution in [-0.4, -0.2) is 32.2 Å². The summed E-state index contributed by atoms with van der Waals surface area (Å²) in [4.78, 5) is 33.1. The molecule has 1 saturated heterocycles. The first-order valence-corrected chi connectivity index (χ1v) is 6.52. The maximum Gasteiger partial charge on any atom is 0.330 e. The number of nitrogens with zero attached hydrogens (tertiary/aromatic N) is 2. The van der Waals surface area contributed by atoms with E-state index in [0.29, 0.717) is 30.0 Å². The minimum atomic E-state index is -0.421. The van der Waals surface area contributed by atoms with E-state index < -0.39 is 11.2 Å². The maximum atomic E-state index is 11.7. The van der Waals surface area contributed by atoms with Crippen molar-refractivity contribution in [2.24, 2.45) is 0 Å². The van der Waals surface area contributed by atoms with Gasteiger partial charge in [-0.2, -0.15) is 0 Å². The molecule has 0 spiro atoms. The van der Waals surface area contributed by atoms with Gasteiger partial charge in [-0.1, -0.05) is 0 Å². The number of imidazole rings is 1. The van der Waals surface area contributed by atoms with Crippen LogP contribution in [0.25, 0.3) is 11.2 Å². The Kier molecular flexibility index (Phi) is 2.98. The van der Waals surface area contributed by atoms with Gasteiger partial charge in [0.1, 0.15) is 11.3 Å². The van der Waals surface area contributed by atoms with E-state index >= 15 is 0 Å². The minimum Gasteiger partial charge on any atom is -0.378 e. The van der Waals surface area contributed by atoms with Gasteiger partial charge in [-0.25, -0.2) is 9.78 Å². The molecule has 102 valence electrons. The van der Waals surface area contributed by atoms with Crippen molar-refractivity contribution >= 4 is 11.2 Å². The zero-order chi connectivity index (χ0) is 13.4. The second-order valence-corrected chi connectivity index (χ2v) is 4.72. The summed E-state index contributed by atoms with van der Waals surface area (Å²) >= 11 is 0. The van der Waals surface area contributed by atoms with Crippen molar-refractivity contribution in [2.75, 3.05) is 6.61 Å². The van der Waals surface area contributed by atoms with Crippen LogP contribution in [0.3, 0.4) is 0 Å². The van der Waals surface area contributed by atoms with Gasteiger partial charge in [0.2, 0.25) is 0 Å². The number of ether oxygens (including phenoxy) is 1. The van der Waals surface area contributed by atoms with Gasteiger partial charge < -0.3 is 9.72 Å². The highest BCUT2D eigenvalue weighted by Crippen LogP contribution is 2.16. The van der Waals surface area contributed by atoms with Crippen molar-refractivity contribution in [3.05, 3.63) is 26.7 Å². The molecule has 0 radical (unpaired) electrons. The van der Waals surface area contributed by atoms with E-state index in [2.05, 4.69) is 15.0 Å². The third-order valence-electron chi connectivity index (χ3n) is 3.44. The van der Waals surface area contributed by atoms with E-state index in [-0.39, 0.29) is 6.10 Å². The fourth-order valence-electron chi connectivity index (χ4n) is 2.50. The zero-order valence-electron chi connectivity index (χ0n) is 10.7. The molecule has 3 rings (SSSR count). The highest BCUT2D eigenvalue weighted by Gasteiger charge is 2.19. The van der Waals surface area contributed by atoms with Gasteiger partial charge in [0, 0.05) is 19.6 Å². The molecule has 2 aromatic rings. The number of rotatable bonds is 3. The molecule has 7 nitrogen and oxygen atoms in total. The SMILES string of the molecule is CCn1c(=O)[nH]c(=O)c2[nH]c(CC3CCCO3)nc21. The third-order valence-corrected chi connectivity index (χ3v) is 3.44. The lowest BCUT2D eigenvalue weighted by Crippen LogP contribution is -2.29. The topological polar surface area (TPSA) is 92.8 Å². The average molecular weight is 264 g/mol. The van der Waals surface area contributed by atoms with Gasteiger partial charge >= 0.3 is 5.69 Å². The number of H-pyrrole nitrogens is 2. The van der Waals surface area contributed by atoms with E-state index in [1.54, 1.807) is 0 Å². The Balaban J connectivity index is 2.06. The smallest absolute Gasteiger partial charge is 0.330 e. The Morgan fingerprint density at radius 3 is 2.95 bits per heavy atom. The minimum absolute atomic E-state index is 0.154. The fourth-order valence-corrected chi connectivity index (χ4v) is 2.50. The van der Waals surface area contributed by atoms with Crippen LogP contribution in [0.4, 0.5) is 0 Å². The standard InChI is InChI=1S/C12H16N4O3/c1-2-16-10-9(11(17)15-12(16)18)13-8(14-10)6-7-4-3-5-19-7/h7H,2-6H2,1H3,(H,13,14)(H,15,17,18). The lowest BCUT2D eigenvalue weighted by Gasteiger charge is -2.05. The number of aromatic amines is 2. The van der Waals surface area contributed by atoms with Crippen molar-refractivity contribution < 1.29 is 4.74 Å². The molecule has 19 heavy (non-hydrogen) atoms. The van der Waals surface area contributed by atoms with Crippen LogP contribution in [0.2, 0.25) is 0 Å². The largest absolute Gasteiger partial charge is 0.378 e. The van der Waals surface area contributed by atoms with E-state index in [9.17, 15) is 9.59 Å². The molecule has 1 aliphatic heterocycles. The van der Waals surface area contributed by atoms with Crippen molar-refractivity contribution in [3.8, 4) is 0 Å². The second kappa shape index (κ2) is 4.65. The summed E-state index contributed by atoms with van der Waals surface area (Å²) in [5.74, 6) is 0.695.